The molecule has 0 saturated carbocycles. The lowest BCUT2D eigenvalue weighted by atomic mass is 10.2. The van der Waals surface area contributed by atoms with Crippen molar-refractivity contribution in [3.63, 3.8) is 0 Å². The summed E-state index contributed by atoms with van der Waals surface area (Å²) in [5, 5.41) is 3.95. The number of hydrogen-bond acceptors (Lipinski definition) is 4. The van der Waals surface area contributed by atoms with Crippen molar-refractivity contribution in [1.82, 2.24) is 14.9 Å². The number of nitrogens with zero attached hydrogens (tertiary/aromatic N) is 2. The number of hydrogen-bond donors (Lipinski definition) is 1. The van der Waals surface area contributed by atoms with Crippen molar-refractivity contribution >= 4 is 28.4 Å². The second-order valence-corrected chi connectivity index (χ2v) is 6.90. The molecule has 0 fully saturated rings. The van der Waals surface area contributed by atoms with Crippen LogP contribution in [0.15, 0.2) is 47.3 Å². The Balaban J connectivity index is 1.40. The number of fused-ring (bicyclic) bond motifs is 2. The lowest BCUT2D eigenvalue weighted by Gasteiger charge is -2.09. The first kappa shape index (κ1) is 17.5. The second-order valence-electron chi connectivity index (χ2n) is 6.46. The van der Waals surface area contributed by atoms with Crippen LogP contribution in [0.3, 0.4) is 0 Å². The first-order chi connectivity index (χ1) is 13.1. The minimum absolute atomic E-state index is 0.0508. The molecule has 1 aliphatic heterocycles. The first-order valence-corrected chi connectivity index (χ1v) is 9.15. The van der Waals surface area contributed by atoms with Gasteiger partial charge in [-0.3, -0.25) is 14.2 Å². The van der Waals surface area contributed by atoms with E-state index in [2.05, 4.69) is 10.3 Å². The molecule has 0 aliphatic carbocycles. The molecular formula is C20H18ClN3O3. The van der Waals surface area contributed by atoms with Crippen LogP contribution in [0.2, 0.25) is 5.02 Å². The van der Waals surface area contributed by atoms with Gasteiger partial charge in [-0.25, -0.2) is 4.98 Å². The van der Waals surface area contributed by atoms with Gasteiger partial charge in [0.05, 0.1) is 10.9 Å². The van der Waals surface area contributed by atoms with Gasteiger partial charge < -0.3 is 10.1 Å². The van der Waals surface area contributed by atoms with E-state index >= 15 is 0 Å². The average molecular weight is 384 g/mol. The van der Waals surface area contributed by atoms with Gasteiger partial charge in [0.15, 0.2) is 6.61 Å². The minimum atomic E-state index is -0.242. The lowest BCUT2D eigenvalue weighted by Crippen LogP contribution is -2.28. The zero-order valence-corrected chi connectivity index (χ0v) is 15.3. The summed E-state index contributed by atoms with van der Waals surface area (Å²) in [4.78, 5) is 29.1. The number of nitrogens with one attached hydrogen (secondary N) is 1. The van der Waals surface area contributed by atoms with Crippen LogP contribution in [0.25, 0.3) is 10.9 Å². The van der Waals surface area contributed by atoms with Gasteiger partial charge in [-0.2, -0.15) is 0 Å². The Labute approximate surface area is 160 Å². The number of halogens is 1. The van der Waals surface area contributed by atoms with E-state index in [9.17, 15) is 9.59 Å². The Morgan fingerprint density at radius 3 is 2.85 bits per heavy atom. The van der Waals surface area contributed by atoms with Gasteiger partial charge in [0.1, 0.15) is 11.6 Å². The molecule has 1 aromatic heterocycles. The van der Waals surface area contributed by atoms with E-state index in [0.29, 0.717) is 34.8 Å². The zero-order chi connectivity index (χ0) is 18.8. The normalized spacial score (nSPS) is 12.8. The van der Waals surface area contributed by atoms with Crippen LogP contribution < -0.4 is 15.6 Å². The number of carbonyl (C=O) groups excluding carboxylic acids is 1. The molecule has 7 heteroatoms. The Hall–Kier alpha value is -2.86. The highest BCUT2D eigenvalue weighted by Gasteiger charge is 2.16. The van der Waals surface area contributed by atoms with E-state index in [1.807, 2.05) is 12.1 Å². The number of ether oxygens (including phenoxy) is 1. The topological polar surface area (TPSA) is 73.2 Å². The molecular weight excluding hydrogens is 366 g/mol. The largest absolute Gasteiger partial charge is 0.484 e. The van der Waals surface area contributed by atoms with Crippen molar-refractivity contribution in [3.8, 4) is 5.75 Å². The molecule has 2 aromatic carbocycles. The van der Waals surface area contributed by atoms with Gasteiger partial charge in [0.25, 0.3) is 11.5 Å². The minimum Gasteiger partial charge on any atom is -0.484 e. The van der Waals surface area contributed by atoms with Gasteiger partial charge >= 0.3 is 0 Å². The Morgan fingerprint density at radius 1 is 1.22 bits per heavy atom. The molecule has 0 unspecified atom stereocenters. The van der Waals surface area contributed by atoms with E-state index in [1.54, 1.807) is 34.9 Å². The highest BCUT2D eigenvalue weighted by molar-refractivity contribution is 6.30. The molecule has 6 nitrogen and oxygen atoms in total. The number of benzene rings is 2. The van der Waals surface area contributed by atoms with Crippen LogP contribution >= 0.6 is 11.6 Å². The molecule has 27 heavy (non-hydrogen) atoms. The number of aromatic nitrogens is 2. The molecule has 1 amide bonds. The van der Waals surface area contributed by atoms with Gasteiger partial charge in [-0.1, -0.05) is 23.7 Å². The third-order valence-electron chi connectivity index (χ3n) is 4.56. The fraction of sp³-hybridized carbons (Fsp3) is 0.250. The van der Waals surface area contributed by atoms with Crippen LogP contribution in [-0.2, 0) is 24.3 Å². The average Bonchev–Trinajstić information content (AvgIpc) is 3.15. The summed E-state index contributed by atoms with van der Waals surface area (Å²) in [6.45, 7) is 0.975. The Bertz CT molecular complexity index is 1060. The zero-order valence-electron chi connectivity index (χ0n) is 14.6. The summed E-state index contributed by atoms with van der Waals surface area (Å²) >= 11 is 5.84. The maximum atomic E-state index is 12.6. The van der Waals surface area contributed by atoms with Crippen LogP contribution in [0, 0.1) is 0 Å². The number of amides is 1. The maximum absolute atomic E-state index is 12.6. The maximum Gasteiger partial charge on any atom is 0.261 e. The Kier molecular flexibility index (Phi) is 4.81. The molecule has 1 aliphatic rings. The Morgan fingerprint density at radius 2 is 2.04 bits per heavy atom. The van der Waals surface area contributed by atoms with Gasteiger partial charge in [0.2, 0.25) is 0 Å². The summed E-state index contributed by atoms with van der Waals surface area (Å²) in [6.07, 6.45) is 1.77. The molecule has 0 radical (unpaired) electrons. The van der Waals surface area contributed by atoms with Crippen molar-refractivity contribution in [2.24, 2.45) is 0 Å². The van der Waals surface area contributed by atoms with Crippen LogP contribution in [0.1, 0.15) is 17.8 Å². The first-order valence-electron chi connectivity index (χ1n) is 8.77. The molecule has 2 heterocycles. The van der Waals surface area contributed by atoms with Crippen molar-refractivity contribution in [2.75, 3.05) is 6.61 Å². The lowest BCUT2D eigenvalue weighted by molar-refractivity contribution is -0.123. The summed E-state index contributed by atoms with van der Waals surface area (Å²) in [5.41, 5.74) is 1.56. The van der Waals surface area contributed by atoms with Crippen molar-refractivity contribution in [1.29, 1.82) is 0 Å². The van der Waals surface area contributed by atoms with Crippen molar-refractivity contribution in [3.05, 3.63) is 69.2 Å². The van der Waals surface area contributed by atoms with Crippen molar-refractivity contribution < 1.29 is 9.53 Å². The third kappa shape index (κ3) is 3.80. The summed E-state index contributed by atoms with van der Waals surface area (Å²) in [5.74, 6) is 1.07. The van der Waals surface area contributed by atoms with E-state index in [-0.39, 0.29) is 18.1 Å². The van der Waals surface area contributed by atoms with Crippen LogP contribution in [0.4, 0.5) is 0 Å². The SMILES string of the molecule is O=C(COc1ccc2nc3n(c(=O)c2c1)CCC3)NCc1ccc(Cl)cc1. The molecule has 1 N–H and O–H groups in total. The predicted octanol–water partition coefficient (Wildman–Crippen LogP) is 2.69. The quantitative estimate of drug-likeness (QED) is 0.735. The van der Waals surface area contributed by atoms with Gasteiger partial charge in [-0.05, 0) is 42.3 Å². The summed E-state index contributed by atoms with van der Waals surface area (Å²) < 4.78 is 7.26. The van der Waals surface area contributed by atoms with E-state index in [4.69, 9.17) is 16.3 Å². The summed E-state index contributed by atoms with van der Waals surface area (Å²) in [7, 11) is 0. The molecule has 0 atom stereocenters. The monoisotopic (exact) mass is 383 g/mol. The highest BCUT2D eigenvalue weighted by Crippen LogP contribution is 2.19. The fourth-order valence-electron chi connectivity index (χ4n) is 3.16. The smallest absolute Gasteiger partial charge is 0.261 e. The van der Waals surface area contributed by atoms with E-state index < -0.39 is 0 Å². The van der Waals surface area contributed by atoms with Gasteiger partial charge in [0, 0.05) is 24.5 Å². The van der Waals surface area contributed by atoms with Crippen LogP contribution in [0.5, 0.6) is 5.75 Å². The van der Waals surface area contributed by atoms with E-state index in [0.717, 1.165) is 24.2 Å². The number of aryl methyl sites for hydroxylation is 1. The third-order valence-corrected chi connectivity index (χ3v) is 4.81. The molecule has 138 valence electrons. The van der Waals surface area contributed by atoms with Crippen molar-refractivity contribution in [2.45, 2.75) is 25.9 Å². The van der Waals surface area contributed by atoms with Gasteiger partial charge in [-0.15, -0.1) is 0 Å². The molecule has 0 bridgehead atoms. The second kappa shape index (κ2) is 7.40. The summed E-state index contributed by atoms with van der Waals surface area (Å²) in [6, 6.07) is 12.4. The van der Waals surface area contributed by atoms with Crippen LogP contribution in [-0.4, -0.2) is 22.1 Å². The molecule has 0 saturated heterocycles. The predicted molar refractivity (Wildman–Crippen MR) is 103 cm³/mol. The molecule has 0 spiro atoms. The molecule has 4 rings (SSSR count). The molecule has 3 aromatic rings. The number of rotatable bonds is 5. The van der Waals surface area contributed by atoms with E-state index in [1.165, 1.54) is 0 Å². The standard InChI is InChI=1S/C20H18ClN3O3/c21-14-5-3-13(4-6-14)11-22-19(25)12-27-15-7-8-17-16(10-15)20(26)24-9-1-2-18(24)23-17/h3-8,10H,1-2,9,11-12H2,(H,22,25). The highest BCUT2D eigenvalue weighted by atomic mass is 35.5. The number of carbonyl (C=O) groups is 1. The fourth-order valence-corrected chi connectivity index (χ4v) is 3.28.